The lowest BCUT2D eigenvalue weighted by Crippen LogP contribution is -2.70. The average Bonchev–Trinajstić information content (AvgIpc) is 3.52. The molecule has 12 heteroatoms. The van der Waals surface area contributed by atoms with Crippen LogP contribution >= 0.6 is 0 Å². The van der Waals surface area contributed by atoms with Crippen molar-refractivity contribution in [2.24, 2.45) is 17.6 Å². The predicted molar refractivity (Wildman–Crippen MR) is 167 cm³/mol. The van der Waals surface area contributed by atoms with Crippen molar-refractivity contribution < 1.29 is 44.7 Å². The number of ketones is 2. The Balaban J connectivity index is 1.51. The quantitative estimate of drug-likeness (QED) is 0.254. The zero-order valence-electron chi connectivity index (χ0n) is 26.1. The largest absolute Gasteiger partial charge is 0.508 e. The first kappa shape index (κ1) is 31.7. The summed E-state index contributed by atoms with van der Waals surface area (Å²) < 4.78 is 5.59. The molecule has 7 N–H and O–H groups in total. The number of carbonyl (C=O) groups is 3. The number of nitrogens with zero attached hydrogens (tertiary/aromatic N) is 2. The molecule has 0 unspecified atom stereocenters. The van der Waals surface area contributed by atoms with Crippen LogP contribution in [0.25, 0.3) is 16.9 Å². The van der Waals surface area contributed by atoms with Crippen LogP contribution in [0.1, 0.15) is 42.4 Å². The van der Waals surface area contributed by atoms with E-state index in [-0.39, 0.29) is 11.3 Å². The van der Waals surface area contributed by atoms with Gasteiger partial charge in [0.1, 0.15) is 28.6 Å². The number of aliphatic hydroxyl groups is 4. The molecule has 0 radical (unpaired) electrons. The number of aliphatic hydroxyl groups excluding tert-OH is 3. The van der Waals surface area contributed by atoms with Gasteiger partial charge in [0.25, 0.3) is 5.91 Å². The van der Waals surface area contributed by atoms with Crippen molar-refractivity contribution in [1.29, 1.82) is 0 Å². The Labute approximate surface area is 266 Å². The van der Waals surface area contributed by atoms with Crippen molar-refractivity contribution in [3.05, 3.63) is 63.9 Å². The highest BCUT2D eigenvalue weighted by Gasteiger charge is 2.68. The van der Waals surface area contributed by atoms with Gasteiger partial charge in [-0.15, -0.1) is 0 Å². The molecule has 4 aliphatic rings. The zero-order chi connectivity index (χ0) is 33.4. The van der Waals surface area contributed by atoms with Crippen molar-refractivity contribution in [2.75, 3.05) is 34.3 Å². The number of Topliss-reactive ketones (excluding diaryl/α,β-unsaturated/α-hetero) is 2. The smallest absolute Gasteiger partial charge is 0.255 e. The molecule has 1 aliphatic heterocycles. The fourth-order valence-corrected chi connectivity index (χ4v) is 8.10. The number of likely N-dealkylation sites (N-methyl/N-ethyl adjacent to an activating group) is 1. The third-order valence-corrected chi connectivity index (χ3v) is 10.3. The van der Waals surface area contributed by atoms with Gasteiger partial charge in [0.15, 0.2) is 11.4 Å². The molecule has 12 nitrogen and oxygen atoms in total. The van der Waals surface area contributed by atoms with Crippen LogP contribution in [0.2, 0.25) is 0 Å². The number of primary amides is 1. The van der Waals surface area contributed by atoms with Crippen LogP contribution in [0.15, 0.2) is 47.2 Å². The molecular weight excluding hydrogens is 594 g/mol. The number of hydrogen-bond donors (Lipinski definition) is 6. The molecule has 0 bridgehead atoms. The van der Waals surface area contributed by atoms with Crippen LogP contribution in [0.3, 0.4) is 0 Å². The van der Waals surface area contributed by atoms with E-state index in [1.807, 2.05) is 12.1 Å². The molecule has 2 aromatic carbocycles. The number of benzene rings is 2. The van der Waals surface area contributed by atoms with Gasteiger partial charge in [0, 0.05) is 29.2 Å². The van der Waals surface area contributed by atoms with Crippen molar-refractivity contribution in [3.63, 3.8) is 0 Å². The van der Waals surface area contributed by atoms with Gasteiger partial charge in [0.05, 0.1) is 30.7 Å². The number of ether oxygens (including phenoxy) is 1. The number of hydrogen-bond acceptors (Lipinski definition) is 11. The summed E-state index contributed by atoms with van der Waals surface area (Å²) in [7, 11) is 4.54. The van der Waals surface area contributed by atoms with E-state index in [2.05, 4.69) is 4.90 Å². The highest BCUT2D eigenvalue weighted by atomic mass is 16.5. The van der Waals surface area contributed by atoms with Gasteiger partial charge in [-0.1, -0.05) is 25.1 Å². The number of carbonyl (C=O) groups excluding carboxylic acids is 3. The monoisotopic (exact) mass is 633 g/mol. The number of nitrogens with two attached hydrogens (primary N) is 1. The molecule has 1 amide bonds. The molecule has 1 saturated carbocycles. The van der Waals surface area contributed by atoms with Gasteiger partial charge < -0.3 is 36.0 Å². The van der Waals surface area contributed by atoms with Gasteiger partial charge in [-0.05, 0) is 69.2 Å². The SMILES string of the molecule is COc1ccc(-c2ccc3c(c2O)C(O)=C2C(=O)[C@]4(O)C(O)=C(C(N)=O)C(=O)[C@@H](N(C)C)[C@@H]4[C@@H](O)[C@@H]2[C@H]3C)cc1CN1CCCC1. The Morgan fingerprint density at radius 3 is 2.39 bits per heavy atom. The van der Waals surface area contributed by atoms with Crippen molar-refractivity contribution in [1.82, 2.24) is 9.80 Å². The molecule has 3 aliphatic carbocycles. The van der Waals surface area contributed by atoms with E-state index < -0.39 is 75.6 Å². The summed E-state index contributed by atoms with van der Waals surface area (Å²) in [5, 5.41) is 58.2. The highest BCUT2D eigenvalue weighted by molar-refractivity contribution is 6.24. The second-order valence-electron chi connectivity index (χ2n) is 13.0. The maximum Gasteiger partial charge on any atom is 0.255 e. The normalized spacial score (nSPS) is 29.6. The lowest BCUT2D eigenvalue weighted by atomic mass is 9.54. The summed E-state index contributed by atoms with van der Waals surface area (Å²) in [6.45, 7) is 4.31. The lowest BCUT2D eigenvalue weighted by molar-refractivity contribution is -0.169. The van der Waals surface area contributed by atoms with Crippen molar-refractivity contribution in [3.8, 4) is 22.6 Å². The second-order valence-corrected chi connectivity index (χ2v) is 13.0. The minimum Gasteiger partial charge on any atom is -0.508 e. The molecule has 1 heterocycles. The zero-order valence-corrected chi connectivity index (χ0v) is 26.1. The van der Waals surface area contributed by atoms with E-state index in [9.17, 15) is 39.9 Å². The number of methoxy groups -OCH3 is 1. The third-order valence-electron chi connectivity index (χ3n) is 10.3. The van der Waals surface area contributed by atoms with E-state index >= 15 is 0 Å². The average molecular weight is 634 g/mol. The van der Waals surface area contributed by atoms with E-state index in [4.69, 9.17) is 10.5 Å². The topological polar surface area (TPSA) is 194 Å². The molecule has 2 fully saturated rings. The third kappa shape index (κ3) is 4.38. The van der Waals surface area contributed by atoms with E-state index in [0.29, 0.717) is 29.0 Å². The molecule has 2 aromatic rings. The first-order chi connectivity index (χ1) is 21.7. The predicted octanol–water partition coefficient (Wildman–Crippen LogP) is 1.77. The number of phenols is 1. The Morgan fingerprint density at radius 1 is 1.11 bits per heavy atom. The van der Waals surface area contributed by atoms with Gasteiger partial charge in [-0.3, -0.25) is 24.2 Å². The maximum absolute atomic E-state index is 14.3. The second kappa shape index (κ2) is 11.2. The first-order valence-corrected chi connectivity index (χ1v) is 15.3. The Hall–Kier alpha value is -4.23. The molecule has 244 valence electrons. The molecule has 1 saturated heterocycles. The molecule has 0 aromatic heterocycles. The van der Waals surface area contributed by atoms with Crippen LogP contribution in [-0.4, -0.2) is 105 Å². The summed E-state index contributed by atoms with van der Waals surface area (Å²) >= 11 is 0. The van der Waals surface area contributed by atoms with Gasteiger partial charge in [-0.2, -0.15) is 0 Å². The van der Waals surface area contributed by atoms with Gasteiger partial charge in [0.2, 0.25) is 5.78 Å². The van der Waals surface area contributed by atoms with E-state index in [0.717, 1.165) is 31.5 Å². The Kier molecular flexibility index (Phi) is 7.75. The van der Waals surface area contributed by atoms with Crippen LogP contribution in [0, 0.1) is 11.8 Å². The standard InChI is InChI=1S/C34H39N3O9/c1-15-18-8-9-19(16-7-10-20(46-4)17(13-16)14-37-11-5-6-12-37)27(38)22(18)28(39)23-21(15)29(40)25-26(36(2)3)30(41)24(33(35)44)32(43)34(25,45)31(23)42/h7-10,13,15,21,25-26,29,38-40,43,45H,5-6,11-12,14H2,1-4H3,(H2,35,44)/t15-,21+,25+,26-,29-,34-/m0/s1. The molecule has 6 rings (SSSR count). The molecule has 6 atom stereocenters. The molecule has 0 spiro atoms. The highest BCUT2D eigenvalue weighted by Crippen LogP contribution is 2.57. The van der Waals surface area contributed by atoms with E-state index in [1.165, 1.54) is 19.0 Å². The lowest BCUT2D eigenvalue weighted by Gasteiger charge is -2.53. The summed E-state index contributed by atoms with van der Waals surface area (Å²) in [5.74, 6) is -8.46. The number of likely N-dealkylation sites (tertiary alicyclic amines) is 1. The Morgan fingerprint density at radius 2 is 1.78 bits per heavy atom. The van der Waals surface area contributed by atoms with Gasteiger partial charge in [-0.25, -0.2) is 0 Å². The number of aromatic hydroxyl groups is 1. The number of phenolic OH excluding ortho intramolecular Hbond substituents is 1. The summed E-state index contributed by atoms with van der Waals surface area (Å²) in [6.07, 6.45) is 0.591. The van der Waals surface area contributed by atoms with Crippen molar-refractivity contribution in [2.45, 2.75) is 50.0 Å². The first-order valence-electron chi connectivity index (χ1n) is 15.3. The number of fused-ring (bicyclic) bond motifs is 3. The summed E-state index contributed by atoms with van der Waals surface area (Å²) in [4.78, 5) is 43.5. The van der Waals surface area contributed by atoms with E-state index in [1.54, 1.807) is 32.2 Å². The van der Waals surface area contributed by atoms with Crippen LogP contribution in [0.5, 0.6) is 11.5 Å². The fourth-order valence-electron chi connectivity index (χ4n) is 8.10. The van der Waals surface area contributed by atoms with Crippen LogP contribution in [-0.2, 0) is 20.9 Å². The molecule has 46 heavy (non-hydrogen) atoms. The number of amides is 1. The van der Waals surface area contributed by atoms with Crippen LogP contribution < -0.4 is 10.5 Å². The van der Waals surface area contributed by atoms with Gasteiger partial charge >= 0.3 is 0 Å². The minimum absolute atomic E-state index is 0.0506. The minimum atomic E-state index is -2.96. The van der Waals surface area contributed by atoms with Crippen LogP contribution in [0.4, 0.5) is 0 Å². The summed E-state index contributed by atoms with van der Waals surface area (Å²) in [5.41, 5.74) is 3.38. The fraction of sp³-hybridized carbons (Fsp3) is 0.441. The maximum atomic E-state index is 14.3. The Bertz CT molecular complexity index is 1720. The van der Waals surface area contributed by atoms with Crippen molar-refractivity contribution >= 4 is 23.2 Å². The summed E-state index contributed by atoms with van der Waals surface area (Å²) in [6, 6.07) is 7.52. The molecular formula is C34H39N3O9. The number of rotatable bonds is 6.